The van der Waals surface area contributed by atoms with Crippen LogP contribution >= 0.6 is 0 Å². The first-order valence-electron chi connectivity index (χ1n) is 6.06. The van der Waals surface area contributed by atoms with Gasteiger partial charge in [0.15, 0.2) is 0 Å². The molecule has 0 aromatic carbocycles. The van der Waals surface area contributed by atoms with Crippen molar-refractivity contribution >= 4 is 5.91 Å². The zero-order valence-corrected chi connectivity index (χ0v) is 10.3. The van der Waals surface area contributed by atoms with Gasteiger partial charge in [-0.1, -0.05) is 13.3 Å². The molecule has 0 aromatic rings. The van der Waals surface area contributed by atoms with E-state index in [9.17, 15) is 4.79 Å². The third-order valence-corrected chi connectivity index (χ3v) is 3.06. The third kappa shape index (κ3) is 3.20. The molecule has 1 fully saturated rings. The van der Waals surface area contributed by atoms with Gasteiger partial charge in [-0.3, -0.25) is 4.79 Å². The van der Waals surface area contributed by atoms with E-state index in [1.165, 1.54) is 6.42 Å². The first-order chi connectivity index (χ1) is 6.96. The van der Waals surface area contributed by atoms with Crippen molar-refractivity contribution in [3.8, 4) is 0 Å². The Labute approximate surface area is 93.0 Å². The fraction of sp³-hybridized carbons (Fsp3) is 0.917. The minimum absolute atomic E-state index is 0.112. The lowest BCUT2D eigenvalue weighted by atomic mass is 9.95. The summed E-state index contributed by atoms with van der Waals surface area (Å²) in [6, 6.07) is 0.430. The van der Waals surface area contributed by atoms with E-state index in [2.05, 4.69) is 6.92 Å². The van der Waals surface area contributed by atoms with Crippen molar-refractivity contribution in [2.24, 2.45) is 5.73 Å². The lowest BCUT2D eigenvalue weighted by Crippen LogP contribution is -2.55. The van der Waals surface area contributed by atoms with Crippen molar-refractivity contribution < 1.29 is 4.79 Å². The van der Waals surface area contributed by atoms with Crippen LogP contribution in [0.3, 0.4) is 0 Å². The summed E-state index contributed by atoms with van der Waals surface area (Å²) in [7, 11) is 0. The van der Waals surface area contributed by atoms with E-state index in [1.807, 2.05) is 4.90 Å². The van der Waals surface area contributed by atoms with Gasteiger partial charge in [0.2, 0.25) is 5.91 Å². The summed E-state index contributed by atoms with van der Waals surface area (Å²) in [6.45, 7) is 6.66. The van der Waals surface area contributed by atoms with E-state index >= 15 is 0 Å². The zero-order valence-electron chi connectivity index (χ0n) is 10.3. The molecular weight excluding hydrogens is 188 g/mol. The molecule has 0 radical (unpaired) electrons. The SMILES string of the molecule is CCCC1CCCCN1C(=O)C(C)(C)N. The smallest absolute Gasteiger partial charge is 0.242 e. The van der Waals surface area contributed by atoms with Crippen LogP contribution in [0.5, 0.6) is 0 Å². The number of piperidine rings is 1. The van der Waals surface area contributed by atoms with Crippen molar-refractivity contribution in [2.45, 2.75) is 64.5 Å². The number of carbonyl (C=O) groups excluding carboxylic acids is 1. The summed E-state index contributed by atoms with van der Waals surface area (Å²) in [5.74, 6) is 0.112. The molecule has 2 N–H and O–H groups in total. The van der Waals surface area contributed by atoms with Gasteiger partial charge in [0, 0.05) is 12.6 Å². The Morgan fingerprint density at radius 3 is 2.67 bits per heavy atom. The van der Waals surface area contributed by atoms with Crippen LogP contribution in [0, 0.1) is 0 Å². The third-order valence-electron chi connectivity index (χ3n) is 3.06. The molecule has 88 valence electrons. The first kappa shape index (κ1) is 12.5. The highest BCUT2D eigenvalue weighted by Gasteiger charge is 2.33. The maximum absolute atomic E-state index is 12.1. The van der Waals surface area contributed by atoms with Gasteiger partial charge in [0.05, 0.1) is 5.54 Å². The molecule has 1 aliphatic heterocycles. The van der Waals surface area contributed by atoms with Gasteiger partial charge < -0.3 is 10.6 Å². The highest BCUT2D eigenvalue weighted by molar-refractivity contribution is 5.85. The molecule has 3 nitrogen and oxygen atoms in total. The summed E-state index contributed by atoms with van der Waals surface area (Å²) < 4.78 is 0. The maximum Gasteiger partial charge on any atom is 0.242 e. The van der Waals surface area contributed by atoms with Crippen LogP contribution in [-0.4, -0.2) is 28.9 Å². The molecule has 0 aromatic heterocycles. The Kier molecular flexibility index (Phi) is 4.14. The molecule has 0 aliphatic carbocycles. The molecule has 0 saturated carbocycles. The molecule has 1 unspecified atom stereocenters. The first-order valence-corrected chi connectivity index (χ1v) is 6.06. The van der Waals surface area contributed by atoms with Crippen molar-refractivity contribution in [3.05, 3.63) is 0 Å². The number of amides is 1. The van der Waals surface area contributed by atoms with E-state index in [0.29, 0.717) is 6.04 Å². The van der Waals surface area contributed by atoms with E-state index in [4.69, 9.17) is 5.73 Å². The monoisotopic (exact) mass is 212 g/mol. The van der Waals surface area contributed by atoms with E-state index in [0.717, 1.165) is 32.2 Å². The largest absolute Gasteiger partial charge is 0.338 e. The summed E-state index contributed by atoms with van der Waals surface area (Å²) in [6.07, 6.45) is 5.78. The maximum atomic E-state index is 12.1. The molecule has 0 bridgehead atoms. The minimum atomic E-state index is -0.719. The highest BCUT2D eigenvalue weighted by atomic mass is 16.2. The highest BCUT2D eigenvalue weighted by Crippen LogP contribution is 2.22. The number of likely N-dealkylation sites (tertiary alicyclic amines) is 1. The van der Waals surface area contributed by atoms with Gasteiger partial charge >= 0.3 is 0 Å². The van der Waals surface area contributed by atoms with Crippen molar-refractivity contribution in [1.29, 1.82) is 0 Å². The van der Waals surface area contributed by atoms with Crippen molar-refractivity contribution in [1.82, 2.24) is 4.90 Å². The molecule has 1 amide bonds. The van der Waals surface area contributed by atoms with E-state index in [-0.39, 0.29) is 5.91 Å². The number of hydrogen-bond acceptors (Lipinski definition) is 2. The van der Waals surface area contributed by atoms with Crippen LogP contribution in [0.15, 0.2) is 0 Å². The van der Waals surface area contributed by atoms with Gasteiger partial charge in [-0.25, -0.2) is 0 Å². The topological polar surface area (TPSA) is 46.3 Å². The van der Waals surface area contributed by atoms with Crippen molar-refractivity contribution in [2.75, 3.05) is 6.54 Å². The zero-order chi connectivity index (χ0) is 11.5. The van der Waals surface area contributed by atoms with Crippen LogP contribution in [0.25, 0.3) is 0 Å². The van der Waals surface area contributed by atoms with Crippen LogP contribution in [0.4, 0.5) is 0 Å². The van der Waals surface area contributed by atoms with Crippen LogP contribution in [0.1, 0.15) is 52.9 Å². The van der Waals surface area contributed by atoms with Gasteiger partial charge in [-0.15, -0.1) is 0 Å². The number of nitrogens with two attached hydrogens (primary N) is 1. The normalized spacial score (nSPS) is 22.9. The molecule has 1 heterocycles. The molecule has 1 atom stereocenters. The average Bonchev–Trinajstić information content (AvgIpc) is 2.17. The van der Waals surface area contributed by atoms with Gasteiger partial charge in [-0.2, -0.15) is 0 Å². The van der Waals surface area contributed by atoms with Crippen molar-refractivity contribution in [3.63, 3.8) is 0 Å². The average molecular weight is 212 g/mol. The second-order valence-corrected chi connectivity index (χ2v) is 5.16. The molecule has 1 rings (SSSR count). The second kappa shape index (κ2) is 4.97. The molecule has 15 heavy (non-hydrogen) atoms. The predicted molar refractivity (Wildman–Crippen MR) is 62.5 cm³/mol. The lowest BCUT2D eigenvalue weighted by Gasteiger charge is -2.39. The molecule has 1 aliphatic rings. The Bertz CT molecular complexity index is 218. The molecule has 1 saturated heterocycles. The van der Waals surface area contributed by atoms with Crippen LogP contribution in [0.2, 0.25) is 0 Å². The Balaban J connectivity index is 2.67. The van der Waals surface area contributed by atoms with Crippen LogP contribution in [-0.2, 0) is 4.79 Å². The summed E-state index contributed by atoms with van der Waals surface area (Å²) >= 11 is 0. The number of nitrogens with zero attached hydrogens (tertiary/aromatic N) is 1. The molecule has 3 heteroatoms. The summed E-state index contributed by atoms with van der Waals surface area (Å²) in [5.41, 5.74) is 5.16. The lowest BCUT2D eigenvalue weighted by molar-refractivity contribution is -0.139. The Morgan fingerprint density at radius 2 is 2.13 bits per heavy atom. The Hall–Kier alpha value is -0.570. The molecular formula is C12H24N2O. The fourth-order valence-electron chi connectivity index (χ4n) is 2.27. The number of hydrogen-bond donors (Lipinski definition) is 1. The van der Waals surface area contributed by atoms with Crippen LogP contribution < -0.4 is 5.73 Å². The number of rotatable bonds is 3. The van der Waals surface area contributed by atoms with Gasteiger partial charge in [-0.05, 0) is 39.5 Å². The van der Waals surface area contributed by atoms with E-state index < -0.39 is 5.54 Å². The minimum Gasteiger partial charge on any atom is -0.338 e. The van der Waals surface area contributed by atoms with Gasteiger partial charge in [0.1, 0.15) is 0 Å². The second-order valence-electron chi connectivity index (χ2n) is 5.16. The number of carbonyl (C=O) groups is 1. The standard InChI is InChI=1S/C12H24N2O/c1-4-7-10-8-5-6-9-14(10)11(15)12(2,3)13/h10H,4-9,13H2,1-3H3. The summed E-state index contributed by atoms with van der Waals surface area (Å²) in [4.78, 5) is 14.1. The van der Waals surface area contributed by atoms with E-state index in [1.54, 1.807) is 13.8 Å². The predicted octanol–water partition coefficient (Wildman–Crippen LogP) is 1.90. The summed E-state index contributed by atoms with van der Waals surface area (Å²) in [5, 5.41) is 0. The van der Waals surface area contributed by atoms with Gasteiger partial charge in [0.25, 0.3) is 0 Å². The quantitative estimate of drug-likeness (QED) is 0.776. The Morgan fingerprint density at radius 1 is 1.47 bits per heavy atom. The molecule has 0 spiro atoms. The fourth-order valence-corrected chi connectivity index (χ4v) is 2.27.